The summed E-state index contributed by atoms with van der Waals surface area (Å²) in [6, 6.07) is 15.5. The third kappa shape index (κ3) is 4.01. The lowest BCUT2D eigenvalue weighted by Gasteiger charge is -2.20. The minimum absolute atomic E-state index is 0.217. The molecule has 2 aromatic heterocycles. The van der Waals surface area contributed by atoms with Gasteiger partial charge in [-0.3, -0.25) is 14.2 Å². The molecule has 0 bridgehead atoms. The van der Waals surface area contributed by atoms with Gasteiger partial charge in [-0.1, -0.05) is 11.6 Å². The maximum Gasteiger partial charge on any atom is 0.263 e. The summed E-state index contributed by atoms with van der Waals surface area (Å²) in [5.74, 6) is 0.993. The number of hydrazone groups is 1. The molecule has 3 heterocycles. The Morgan fingerprint density at radius 2 is 2.03 bits per heavy atom. The van der Waals surface area contributed by atoms with Crippen molar-refractivity contribution < 1.29 is 13.9 Å². The monoisotopic (exact) mass is 462 g/mol. The summed E-state index contributed by atoms with van der Waals surface area (Å²) in [4.78, 5) is 30.5. The van der Waals surface area contributed by atoms with E-state index in [1.54, 1.807) is 37.6 Å². The number of amides is 1. The summed E-state index contributed by atoms with van der Waals surface area (Å²) in [6.07, 6.45) is 3.40. The Morgan fingerprint density at radius 3 is 2.76 bits per heavy atom. The summed E-state index contributed by atoms with van der Waals surface area (Å²) < 4.78 is 12.1. The van der Waals surface area contributed by atoms with E-state index in [9.17, 15) is 9.59 Å². The van der Waals surface area contributed by atoms with E-state index in [0.29, 0.717) is 28.1 Å². The number of fused-ring (bicyclic) bond motifs is 1. The van der Waals surface area contributed by atoms with E-state index in [2.05, 4.69) is 10.1 Å². The Kier molecular flexibility index (Phi) is 5.43. The maximum absolute atomic E-state index is 13.3. The highest BCUT2D eigenvalue weighted by molar-refractivity contribution is 6.31. The van der Waals surface area contributed by atoms with Crippen molar-refractivity contribution in [2.75, 3.05) is 7.11 Å². The summed E-state index contributed by atoms with van der Waals surface area (Å²) in [7, 11) is 1.60. The maximum atomic E-state index is 13.3. The first-order chi connectivity index (χ1) is 16.0. The SMILES string of the molecule is COc1ccc(C2=NN(C(=O)Cn3cnc4ccc(Cl)cc4c3=O)[C@@H](c3ccco3)C2)cc1. The fourth-order valence-corrected chi connectivity index (χ4v) is 4.03. The molecular weight excluding hydrogens is 444 g/mol. The molecule has 0 fully saturated rings. The molecule has 33 heavy (non-hydrogen) atoms. The smallest absolute Gasteiger partial charge is 0.263 e. The Labute approximate surface area is 193 Å². The van der Waals surface area contributed by atoms with Crippen molar-refractivity contribution in [1.29, 1.82) is 0 Å². The lowest BCUT2D eigenvalue weighted by molar-refractivity contribution is -0.134. The molecule has 4 aromatic rings. The van der Waals surface area contributed by atoms with Crippen molar-refractivity contribution in [2.24, 2.45) is 5.10 Å². The van der Waals surface area contributed by atoms with Gasteiger partial charge in [0.05, 0.1) is 36.3 Å². The zero-order chi connectivity index (χ0) is 22.9. The number of benzene rings is 2. The highest BCUT2D eigenvalue weighted by atomic mass is 35.5. The van der Waals surface area contributed by atoms with Gasteiger partial charge in [0.2, 0.25) is 0 Å². The van der Waals surface area contributed by atoms with E-state index in [1.165, 1.54) is 15.9 Å². The van der Waals surface area contributed by atoms with E-state index in [1.807, 2.05) is 30.3 Å². The molecule has 0 N–H and O–H groups in total. The van der Waals surface area contributed by atoms with Crippen LogP contribution in [0.5, 0.6) is 5.75 Å². The Morgan fingerprint density at radius 1 is 1.21 bits per heavy atom. The van der Waals surface area contributed by atoms with Crippen molar-refractivity contribution >= 4 is 34.1 Å². The van der Waals surface area contributed by atoms with Crippen LogP contribution in [0.2, 0.25) is 5.02 Å². The summed E-state index contributed by atoms with van der Waals surface area (Å²) in [5.41, 5.74) is 1.79. The van der Waals surface area contributed by atoms with Crippen LogP contribution in [0.3, 0.4) is 0 Å². The van der Waals surface area contributed by atoms with E-state index in [4.69, 9.17) is 20.8 Å². The number of aromatic nitrogens is 2. The zero-order valence-corrected chi connectivity index (χ0v) is 18.4. The third-order valence-corrected chi connectivity index (χ3v) is 5.79. The summed E-state index contributed by atoms with van der Waals surface area (Å²) in [6.45, 7) is -0.217. The predicted molar refractivity (Wildman–Crippen MR) is 123 cm³/mol. The number of hydrogen-bond donors (Lipinski definition) is 0. The zero-order valence-electron chi connectivity index (χ0n) is 17.6. The molecule has 0 aliphatic carbocycles. The van der Waals surface area contributed by atoms with Gasteiger partial charge in [0.25, 0.3) is 11.5 Å². The molecule has 0 unspecified atom stereocenters. The first-order valence-corrected chi connectivity index (χ1v) is 10.6. The van der Waals surface area contributed by atoms with E-state index in [0.717, 1.165) is 17.0 Å². The molecule has 1 amide bonds. The second-order valence-electron chi connectivity index (χ2n) is 7.59. The van der Waals surface area contributed by atoms with Crippen molar-refractivity contribution in [2.45, 2.75) is 19.0 Å². The number of hydrogen-bond acceptors (Lipinski definition) is 6. The molecule has 0 radical (unpaired) electrons. The van der Waals surface area contributed by atoms with Crippen LogP contribution in [0.4, 0.5) is 0 Å². The lowest BCUT2D eigenvalue weighted by atomic mass is 10.0. The van der Waals surface area contributed by atoms with Gasteiger partial charge >= 0.3 is 0 Å². The van der Waals surface area contributed by atoms with Crippen LogP contribution in [-0.2, 0) is 11.3 Å². The second-order valence-corrected chi connectivity index (χ2v) is 8.02. The quantitative estimate of drug-likeness (QED) is 0.446. The number of ether oxygens (including phenoxy) is 1. The van der Waals surface area contributed by atoms with Crippen LogP contribution in [0, 0.1) is 0 Å². The fourth-order valence-electron chi connectivity index (χ4n) is 3.86. The van der Waals surface area contributed by atoms with Crippen molar-refractivity contribution in [3.8, 4) is 5.75 Å². The number of halogens is 1. The number of methoxy groups -OCH3 is 1. The molecule has 0 saturated carbocycles. The Balaban J connectivity index is 1.47. The van der Waals surface area contributed by atoms with Gasteiger partial charge in [0, 0.05) is 11.4 Å². The van der Waals surface area contributed by atoms with Crippen LogP contribution >= 0.6 is 11.6 Å². The van der Waals surface area contributed by atoms with Gasteiger partial charge < -0.3 is 9.15 Å². The highest BCUT2D eigenvalue weighted by Crippen LogP contribution is 2.33. The van der Waals surface area contributed by atoms with Crippen LogP contribution < -0.4 is 10.3 Å². The Bertz CT molecular complexity index is 1410. The molecule has 9 heteroatoms. The molecule has 1 atom stereocenters. The molecule has 0 spiro atoms. The molecule has 1 aliphatic rings. The number of furan rings is 1. The third-order valence-electron chi connectivity index (χ3n) is 5.55. The van der Waals surface area contributed by atoms with Gasteiger partial charge in [-0.2, -0.15) is 5.10 Å². The minimum Gasteiger partial charge on any atom is -0.497 e. The standard InChI is InChI=1S/C24H19ClN4O4/c1-32-17-7-4-15(5-8-17)20-12-21(22-3-2-10-33-22)29(27-20)23(30)13-28-14-26-19-9-6-16(25)11-18(19)24(28)31/h2-11,14,21H,12-13H2,1H3/t21-/m1/s1. The Hall–Kier alpha value is -3.91. The molecular formula is C24H19ClN4O4. The van der Waals surface area contributed by atoms with Crippen molar-refractivity contribution in [3.05, 3.63) is 93.9 Å². The van der Waals surface area contributed by atoms with E-state index < -0.39 is 6.04 Å². The molecule has 0 saturated heterocycles. The van der Waals surface area contributed by atoms with Gasteiger partial charge in [-0.25, -0.2) is 9.99 Å². The fraction of sp³-hybridized carbons (Fsp3) is 0.167. The van der Waals surface area contributed by atoms with Crippen LogP contribution in [0.1, 0.15) is 23.8 Å². The highest BCUT2D eigenvalue weighted by Gasteiger charge is 2.35. The van der Waals surface area contributed by atoms with Crippen molar-refractivity contribution in [1.82, 2.24) is 14.6 Å². The summed E-state index contributed by atoms with van der Waals surface area (Å²) in [5, 5.41) is 6.76. The number of rotatable bonds is 5. The molecule has 5 rings (SSSR count). The number of nitrogens with zero attached hydrogens (tertiary/aromatic N) is 4. The van der Waals surface area contributed by atoms with Gasteiger partial charge in [0.15, 0.2) is 0 Å². The van der Waals surface area contributed by atoms with Gasteiger partial charge in [0.1, 0.15) is 24.1 Å². The van der Waals surface area contributed by atoms with E-state index in [-0.39, 0.29) is 18.0 Å². The summed E-state index contributed by atoms with van der Waals surface area (Å²) >= 11 is 6.03. The van der Waals surface area contributed by atoms with Crippen LogP contribution in [0.25, 0.3) is 10.9 Å². The van der Waals surface area contributed by atoms with Crippen LogP contribution in [0.15, 0.2) is 81.5 Å². The first-order valence-electron chi connectivity index (χ1n) is 10.3. The second kappa shape index (κ2) is 8.55. The van der Waals surface area contributed by atoms with Gasteiger partial charge in [-0.15, -0.1) is 0 Å². The van der Waals surface area contributed by atoms with Gasteiger partial charge in [-0.05, 0) is 60.2 Å². The molecule has 8 nitrogen and oxygen atoms in total. The normalized spacial score (nSPS) is 15.6. The molecule has 2 aromatic carbocycles. The minimum atomic E-state index is -0.414. The lowest BCUT2D eigenvalue weighted by Crippen LogP contribution is -2.34. The predicted octanol–water partition coefficient (Wildman–Crippen LogP) is 4.03. The average Bonchev–Trinajstić information content (AvgIpc) is 3.51. The number of carbonyl (C=O) groups is 1. The van der Waals surface area contributed by atoms with Crippen LogP contribution in [-0.4, -0.2) is 33.3 Å². The largest absolute Gasteiger partial charge is 0.497 e. The average molecular weight is 463 g/mol. The molecule has 1 aliphatic heterocycles. The topological polar surface area (TPSA) is 89.9 Å². The molecule has 166 valence electrons. The van der Waals surface area contributed by atoms with E-state index >= 15 is 0 Å². The van der Waals surface area contributed by atoms with Crippen molar-refractivity contribution in [3.63, 3.8) is 0 Å². The number of carbonyl (C=O) groups excluding carboxylic acids is 1. The first kappa shape index (κ1) is 21.0.